The molecule has 1 aromatic heterocycles. The highest BCUT2D eigenvalue weighted by Crippen LogP contribution is 2.43. The van der Waals surface area contributed by atoms with E-state index in [4.69, 9.17) is 34.8 Å². The van der Waals surface area contributed by atoms with E-state index in [1.165, 1.54) is 43.5 Å². The van der Waals surface area contributed by atoms with Crippen LogP contribution in [0.5, 0.6) is 46.3 Å². The molecule has 44 heavy (non-hydrogen) atoms. The van der Waals surface area contributed by atoms with E-state index in [2.05, 4.69) is 4.98 Å². The molecule has 0 aliphatic rings. The van der Waals surface area contributed by atoms with Crippen LogP contribution in [0.4, 0.5) is 8.78 Å². The number of halogens is 2. The minimum atomic E-state index is -1.39. The number of carbonyl (C=O) groups is 1. The number of nitrogens with zero attached hydrogens (tertiary/aromatic N) is 2. The first-order chi connectivity index (χ1) is 21.0. The summed E-state index contributed by atoms with van der Waals surface area (Å²) >= 11 is 0. The molecular formula is C31H30F2N4O7. The highest BCUT2D eigenvalue weighted by molar-refractivity contribution is 5.95. The number of nitrogens with two attached hydrogens (primary N) is 1. The molecule has 0 bridgehead atoms. The Kier molecular flexibility index (Phi) is 9.81. The number of benzene rings is 3. The number of hydrogen-bond acceptors (Lipinski definition) is 10. The van der Waals surface area contributed by atoms with Crippen molar-refractivity contribution in [3.8, 4) is 46.3 Å². The van der Waals surface area contributed by atoms with Gasteiger partial charge in [-0.2, -0.15) is 13.8 Å². The van der Waals surface area contributed by atoms with Crippen molar-refractivity contribution >= 4 is 11.8 Å². The number of rotatable bonds is 12. The zero-order valence-corrected chi connectivity index (χ0v) is 24.3. The summed E-state index contributed by atoms with van der Waals surface area (Å²) in [5.41, 5.74) is 6.67. The lowest BCUT2D eigenvalue weighted by molar-refractivity contribution is 0.0526. The Bertz CT molecular complexity index is 1700. The molecule has 11 nitrogen and oxygen atoms in total. The molecule has 0 aliphatic heterocycles. The zero-order valence-electron chi connectivity index (χ0n) is 24.3. The van der Waals surface area contributed by atoms with Crippen LogP contribution in [-0.4, -0.2) is 54.6 Å². The molecule has 0 amide bonds. The average Bonchev–Trinajstić information content (AvgIpc) is 2.98. The Labute approximate surface area is 251 Å². The Morgan fingerprint density at radius 1 is 0.932 bits per heavy atom. The van der Waals surface area contributed by atoms with Crippen LogP contribution < -0.4 is 24.7 Å². The van der Waals surface area contributed by atoms with E-state index in [-0.39, 0.29) is 46.6 Å². The van der Waals surface area contributed by atoms with Gasteiger partial charge < -0.3 is 39.4 Å². The maximum absolute atomic E-state index is 15.9. The number of nitrogens with one attached hydrogen (secondary N) is 1. The number of phenolic OH excluding ortho intramolecular Hbond substituents is 1. The fourth-order valence-corrected chi connectivity index (χ4v) is 3.96. The second-order valence-corrected chi connectivity index (χ2v) is 9.55. The first kappa shape index (κ1) is 31.5. The minimum Gasteiger partial charge on any atom is -0.504 e. The highest BCUT2D eigenvalue weighted by atomic mass is 19.1. The molecule has 0 saturated carbocycles. The molecule has 0 radical (unpaired) electrons. The lowest BCUT2D eigenvalue weighted by atomic mass is 10.2. The largest absolute Gasteiger partial charge is 0.504 e. The summed E-state index contributed by atoms with van der Waals surface area (Å²) in [6.07, 6.45) is 0. The van der Waals surface area contributed by atoms with E-state index in [0.29, 0.717) is 6.54 Å². The van der Waals surface area contributed by atoms with Crippen LogP contribution in [0.1, 0.15) is 28.4 Å². The third kappa shape index (κ3) is 7.31. The van der Waals surface area contributed by atoms with E-state index in [0.717, 1.165) is 5.56 Å². The summed E-state index contributed by atoms with van der Waals surface area (Å²) in [4.78, 5) is 18.0. The predicted octanol–water partition coefficient (Wildman–Crippen LogP) is 5.97. The summed E-state index contributed by atoms with van der Waals surface area (Å²) in [5, 5.41) is 18.0. The van der Waals surface area contributed by atoms with Crippen molar-refractivity contribution in [2.45, 2.75) is 13.5 Å². The van der Waals surface area contributed by atoms with Gasteiger partial charge in [0.25, 0.3) is 11.8 Å². The Balaban J connectivity index is 1.81. The second kappa shape index (κ2) is 13.7. The third-order valence-corrected chi connectivity index (χ3v) is 5.95. The molecule has 0 unspecified atom stereocenters. The maximum Gasteiger partial charge on any atom is 0.338 e. The molecule has 230 valence electrons. The van der Waals surface area contributed by atoms with Crippen LogP contribution in [0.25, 0.3) is 0 Å². The van der Waals surface area contributed by atoms with Crippen LogP contribution in [-0.2, 0) is 11.3 Å². The first-order valence-corrected chi connectivity index (χ1v) is 13.2. The quantitative estimate of drug-likeness (QED) is 0.0997. The predicted molar refractivity (Wildman–Crippen MR) is 156 cm³/mol. The Hall–Kier alpha value is -5.43. The molecule has 0 atom stereocenters. The maximum atomic E-state index is 15.9. The van der Waals surface area contributed by atoms with E-state index in [9.17, 15) is 9.90 Å². The van der Waals surface area contributed by atoms with Crippen molar-refractivity contribution in [2.24, 2.45) is 5.73 Å². The lowest BCUT2D eigenvalue weighted by Crippen LogP contribution is -2.11. The van der Waals surface area contributed by atoms with Crippen LogP contribution in [0, 0.1) is 17.0 Å². The number of hydrogen-bond donors (Lipinski definition) is 3. The highest BCUT2D eigenvalue weighted by Gasteiger charge is 2.28. The van der Waals surface area contributed by atoms with Crippen molar-refractivity contribution in [1.82, 2.24) is 9.88 Å². The van der Waals surface area contributed by atoms with E-state index < -0.39 is 40.9 Å². The Morgan fingerprint density at radius 3 is 2.27 bits per heavy atom. The molecule has 0 spiro atoms. The minimum absolute atomic E-state index is 0.0284. The lowest BCUT2D eigenvalue weighted by Gasteiger charge is -2.17. The molecule has 1 heterocycles. The number of ether oxygens (including phenoxy) is 5. The normalized spacial score (nSPS) is 10.8. The molecule has 0 fully saturated rings. The standard InChI is InChI=1S/C31H30F2N4O7/c1-5-41-31(39)19-10-12-22(24(15-19)40-4)43-27-25(32)29(42-20-8-6-7-17(13-20)16-37(2)3)36-30(26(27)33)44-23-14-18(28(34)35)9-11-21(23)38/h6-15,38H,5,16H2,1-4H3,(H3,34,35). The average molecular weight is 609 g/mol. The molecule has 13 heteroatoms. The van der Waals surface area contributed by atoms with Crippen LogP contribution in [0.15, 0.2) is 60.7 Å². The smallest absolute Gasteiger partial charge is 0.338 e. The summed E-state index contributed by atoms with van der Waals surface area (Å²) in [6.45, 7) is 2.35. The monoisotopic (exact) mass is 608 g/mol. The Morgan fingerprint density at radius 2 is 1.61 bits per heavy atom. The van der Waals surface area contributed by atoms with Gasteiger partial charge in [-0.25, -0.2) is 4.79 Å². The number of phenols is 1. The summed E-state index contributed by atoms with van der Waals surface area (Å²) in [5.74, 6) is -6.92. The fourth-order valence-electron chi connectivity index (χ4n) is 3.96. The van der Waals surface area contributed by atoms with Gasteiger partial charge in [0, 0.05) is 12.1 Å². The van der Waals surface area contributed by atoms with Crippen molar-refractivity contribution in [3.05, 3.63) is 89.0 Å². The van der Waals surface area contributed by atoms with Crippen LogP contribution in [0.2, 0.25) is 0 Å². The van der Waals surface area contributed by atoms with Gasteiger partial charge in [0.2, 0.25) is 17.4 Å². The number of amidine groups is 1. The van der Waals surface area contributed by atoms with Crippen molar-refractivity contribution in [1.29, 1.82) is 5.41 Å². The number of pyridine rings is 1. The molecule has 0 aliphatic carbocycles. The van der Waals surface area contributed by atoms with Gasteiger partial charge >= 0.3 is 5.97 Å². The first-order valence-electron chi connectivity index (χ1n) is 13.2. The van der Waals surface area contributed by atoms with E-state index in [1.54, 1.807) is 25.1 Å². The van der Waals surface area contributed by atoms with Gasteiger partial charge in [-0.1, -0.05) is 12.1 Å². The number of carbonyl (C=O) groups excluding carboxylic acids is 1. The molecule has 4 rings (SSSR count). The van der Waals surface area contributed by atoms with E-state index in [1.807, 2.05) is 25.1 Å². The van der Waals surface area contributed by atoms with Gasteiger partial charge in [0.05, 0.1) is 19.3 Å². The topological polar surface area (TPSA) is 149 Å². The molecule has 0 saturated heterocycles. The SMILES string of the molecule is CCOC(=O)c1ccc(Oc2c(F)c(Oc3cccc(CN(C)C)c3)nc(Oc3cc(C(=N)N)ccc3O)c2F)c(OC)c1. The number of aromatic nitrogens is 1. The molecular weight excluding hydrogens is 578 g/mol. The van der Waals surface area contributed by atoms with Gasteiger partial charge in [0.15, 0.2) is 23.0 Å². The summed E-state index contributed by atoms with van der Waals surface area (Å²) < 4.78 is 59.0. The second-order valence-electron chi connectivity index (χ2n) is 9.55. The summed E-state index contributed by atoms with van der Waals surface area (Å²) in [6, 6.07) is 14.4. The third-order valence-electron chi connectivity index (χ3n) is 5.95. The van der Waals surface area contributed by atoms with Crippen molar-refractivity contribution in [2.75, 3.05) is 27.8 Å². The van der Waals surface area contributed by atoms with Gasteiger partial charge in [-0.15, -0.1) is 0 Å². The number of methoxy groups -OCH3 is 1. The molecule has 4 aromatic rings. The zero-order chi connectivity index (χ0) is 32.0. The van der Waals surface area contributed by atoms with Gasteiger partial charge in [-0.3, -0.25) is 5.41 Å². The van der Waals surface area contributed by atoms with Crippen molar-refractivity contribution < 1.29 is 42.4 Å². The molecule has 4 N–H and O–H groups in total. The van der Waals surface area contributed by atoms with Crippen LogP contribution >= 0.6 is 0 Å². The van der Waals surface area contributed by atoms with Crippen molar-refractivity contribution in [3.63, 3.8) is 0 Å². The van der Waals surface area contributed by atoms with E-state index >= 15 is 8.78 Å². The number of aromatic hydroxyl groups is 1. The number of esters is 1. The molecule has 3 aromatic carbocycles. The number of nitrogen functional groups attached to an aromatic ring is 1. The fraction of sp³-hybridized carbons (Fsp3) is 0.194. The van der Waals surface area contributed by atoms with Gasteiger partial charge in [-0.05, 0) is 75.1 Å². The van der Waals surface area contributed by atoms with Gasteiger partial charge in [0.1, 0.15) is 11.6 Å². The summed E-state index contributed by atoms with van der Waals surface area (Å²) in [7, 11) is 5.04. The van der Waals surface area contributed by atoms with Crippen LogP contribution in [0.3, 0.4) is 0 Å².